The average Bonchev–Trinajstić information content (AvgIpc) is 2.41. The van der Waals surface area contributed by atoms with Crippen LogP contribution in [0.3, 0.4) is 0 Å². The number of anilines is 1. The van der Waals surface area contributed by atoms with Crippen LogP contribution in [0, 0.1) is 0 Å². The summed E-state index contributed by atoms with van der Waals surface area (Å²) < 4.78 is 7.82. The van der Waals surface area contributed by atoms with Gasteiger partial charge in [0.05, 0.1) is 12.3 Å². The Morgan fingerprint density at radius 2 is 2.21 bits per heavy atom. The molecule has 1 aromatic rings. The normalized spacial score (nSPS) is 25.1. The van der Waals surface area contributed by atoms with Crippen LogP contribution in [-0.2, 0) is 16.3 Å². The molecule has 0 aliphatic carbocycles. The van der Waals surface area contributed by atoms with Crippen LogP contribution < -0.4 is 4.67 Å². The Balaban J connectivity index is 2.38. The molecule has 5 heteroatoms. The fourth-order valence-corrected chi connectivity index (χ4v) is 6.88. The first kappa shape index (κ1) is 10.5. The average molecular weight is 245 g/mol. The van der Waals surface area contributed by atoms with Crippen molar-refractivity contribution in [3.05, 3.63) is 24.3 Å². The standard InChI is InChI=1S/C9H12NOPS2/c1-3-11-12(13)10(2)8-6-4-5-7-9(8)14-12/h4-7H,3H2,1-2H3. The number of hydrogen-bond donors (Lipinski definition) is 0. The Labute approximate surface area is 93.5 Å². The van der Waals surface area contributed by atoms with Crippen LogP contribution in [0.15, 0.2) is 29.2 Å². The van der Waals surface area contributed by atoms with Gasteiger partial charge in [-0.25, -0.2) is 0 Å². The number of rotatable bonds is 2. The maximum absolute atomic E-state index is 5.70. The largest absolute Gasteiger partial charge is 0.326 e. The van der Waals surface area contributed by atoms with E-state index in [0.717, 1.165) is 0 Å². The van der Waals surface area contributed by atoms with E-state index in [4.69, 9.17) is 16.3 Å². The number of benzene rings is 1. The van der Waals surface area contributed by atoms with E-state index in [9.17, 15) is 0 Å². The van der Waals surface area contributed by atoms with Gasteiger partial charge < -0.3 is 9.19 Å². The van der Waals surface area contributed by atoms with Crippen molar-refractivity contribution in [2.45, 2.75) is 11.8 Å². The van der Waals surface area contributed by atoms with Crippen LogP contribution in [0.1, 0.15) is 6.92 Å². The molecule has 0 amide bonds. The van der Waals surface area contributed by atoms with Crippen LogP contribution in [0.4, 0.5) is 5.69 Å². The van der Waals surface area contributed by atoms with Gasteiger partial charge in [-0.3, -0.25) is 0 Å². The monoisotopic (exact) mass is 245 g/mol. The van der Waals surface area contributed by atoms with Gasteiger partial charge in [0.1, 0.15) is 0 Å². The van der Waals surface area contributed by atoms with E-state index in [0.29, 0.717) is 6.61 Å². The minimum absolute atomic E-state index is 0.683. The van der Waals surface area contributed by atoms with E-state index < -0.39 is 5.62 Å². The van der Waals surface area contributed by atoms with E-state index in [1.54, 1.807) is 11.4 Å². The Morgan fingerprint density at radius 1 is 1.50 bits per heavy atom. The van der Waals surface area contributed by atoms with Crippen molar-refractivity contribution in [3.63, 3.8) is 0 Å². The zero-order valence-electron chi connectivity index (χ0n) is 8.14. The molecule has 1 aliphatic heterocycles. The predicted molar refractivity (Wildman–Crippen MR) is 66.6 cm³/mol. The molecule has 1 aliphatic rings. The highest BCUT2D eigenvalue weighted by Gasteiger charge is 2.34. The lowest BCUT2D eigenvalue weighted by atomic mass is 10.3. The molecular formula is C9H12NOPS2. The lowest BCUT2D eigenvalue weighted by Gasteiger charge is -2.24. The summed E-state index contributed by atoms with van der Waals surface area (Å²) >= 11 is 7.27. The molecule has 1 unspecified atom stereocenters. The Morgan fingerprint density at radius 3 is 2.86 bits per heavy atom. The van der Waals surface area contributed by atoms with E-state index in [1.165, 1.54) is 10.6 Å². The first-order valence-corrected chi connectivity index (χ1v) is 8.54. The molecule has 0 bridgehead atoms. The highest BCUT2D eigenvalue weighted by Crippen LogP contribution is 2.72. The van der Waals surface area contributed by atoms with Crippen molar-refractivity contribution >= 4 is 34.5 Å². The summed E-state index contributed by atoms with van der Waals surface area (Å²) in [5.41, 5.74) is -0.657. The lowest BCUT2D eigenvalue weighted by Crippen LogP contribution is -2.08. The number of nitrogens with zero attached hydrogens (tertiary/aromatic N) is 1. The van der Waals surface area contributed by atoms with Crippen LogP contribution in [0.2, 0.25) is 0 Å². The summed E-state index contributed by atoms with van der Waals surface area (Å²) in [7, 11) is 2.02. The topological polar surface area (TPSA) is 12.5 Å². The Hall–Kier alpha value is -0.0200. The zero-order valence-corrected chi connectivity index (χ0v) is 10.7. The third-order valence-corrected chi connectivity index (χ3v) is 8.45. The molecule has 0 radical (unpaired) electrons. The maximum atomic E-state index is 5.70. The van der Waals surface area contributed by atoms with Gasteiger partial charge in [-0.1, -0.05) is 12.1 Å². The summed E-state index contributed by atoms with van der Waals surface area (Å²) in [6.45, 7) is 2.67. The molecule has 1 heterocycles. The van der Waals surface area contributed by atoms with Crippen molar-refractivity contribution < 1.29 is 4.52 Å². The first-order chi connectivity index (χ1) is 6.67. The van der Waals surface area contributed by atoms with Crippen LogP contribution in [0.25, 0.3) is 0 Å². The van der Waals surface area contributed by atoms with E-state index in [1.807, 2.05) is 26.1 Å². The molecular weight excluding hydrogens is 233 g/mol. The number of hydrogen-bond acceptors (Lipinski definition) is 3. The molecule has 0 fully saturated rings. The molecule has 0 N–H and O–H groups in total. The molecule has 2 nitrogen and oxygen atoms in total. The van der Waals surface area contributed by atoms with Gasteiger partial charge in [-0.05, 0) is 42.2 Å². The van der Waals surface area contributed by atoms with Gasteiger partial charge in [0.15, 0.2) is 0 Å². The van der Waals surface area contributed by atoms with Crippen molar-refractivity contribution in [1.29, 1.82) is 0 Å². The smallest absolute Gasteiger partial charge is 0.217 e. The van der Waals surface area contributed by atoms with Crippen molar-refractivity contribution in [2.24, 2.45) is 0 Å². The van der Waals surface area contributed by atoms with Gasteiger partial charge in [-0.15, -0.1) is 0 Å². The van der Waals surface area contributed by atoms with Gasteiger partial charge in [-0.2, -0.15) is 0 Å². The second-order valence-electron chi connectivity index (χ2n) is 2.97. The molecule has 0 saturated carbocycles. The molecule has 1 atom stereocenters. The second-order valence-corrected chi connectivity index (χ2v) is 9.60. The summed E-state index contributed by atoms with van der Waals surface area (Å²) in [6.07, 6.45) is 0. The van der Waals surface area contributed by atoms with Gasteiger partial charge in [0.2, 0.25) is 5.62 Å². The molecule has 2 rings (SSSR count). The first-order valence-electron chi connectivity index (χ1n) is 4.45. The molecule has 0 spiro atoms. The van der Waals surface area contributed by atoms with Crippen molar-refractivity contribution in [3.8, 4) is 0 Å². The molecule has 1 aromatic carbocycles. The van der Waals surface area contributed by atoms with Crippen molar-refractivity contribution in [1.82, 2.24) is 0 Å². The minimum atomic E-state index is -1.86. The number of para-hydroxylation sites is 1. The second kappa shape index (κ2) is 3.86. The fraction of sp³-hybridized carbons (Fsp3) is 0.333. The highest BCUT2D eigenvalue weighted by molar-refractivity contribution is 8.70. The van der Waals surface area contributed by atoms with E-state index >= 15 is 0 Å². The van der Waals surface area contributed by atoms with Crippen LogP contribution in [-0.4, -0.2) is 13.7 Å². The molecule has 0 saturated heterocycles. The maximum Gasteiger partial charge on any atom is 0.217 e. The summed E-state index contributed by atoms with van der Waals surface area (Å²) in [4.78, 5) is 1.24. The highest BCUT2D eigenvalue weighted by atomic mass is 32.9. The fourth-order valence-electron chi connectivity index (χ4n) is 1.40. The Bertz CT molecular complexity index is 396. The van der Waals surface area contributed by atoms with Crippen molar-refractivity contribution in [2.75, 3.05) is 18.3 Å². The Kier molecular flexibility index (Phi) is 2.89. The third kappa shape index (κ3) is 1.61. The van der Waals surface area contributed by atoms with Gasteiger partial charge >= 0.3 is 0 Å². The quantitative estimate of drug-likeness (QED) is 0.739. The van der Waals surface area contributed by atoms with E-state index in [2.05, 4.69) is 16.8 Å². The predicted octanol–water partition coefficient (Wildman–Crippen LogP) is 3.49. The van der Waals surface area contributed by atoms with Gasteiger partial charge in [0.25, 0.3) is 0 Å². The molecule has 76 valence electrons. The number of fused-ring (bicyclic) bond motifs is 1. The molecule has 0 aromatic heterocycles. The van der Waals surface area contributed by atoms with Crippen LogP contribution in [0.5, 0.6) is 0 Å². The van der Waals surface area contributed by atoms with Gasteiger partial charge in [0, 0.05) is 11.9 Å². The third-order valence-electron chi connectivity index (χ3n) is 2.09. The zero-order chi connectivity index (χ0) is 10.2. The lowest BCUT2D eigenvalue weighted by molar-refractivity contribution is 0.384. The van der Waals surface area contributed by atoms with E-state index in [-0.39, 0.29) is 0 Å². The minimum Gasteiger partial charge on any atom is -0.326 e. The summed E-state index contributed by atoms with van der Waals surface area (Å²) in [5, 5.41) is 0. The van der Waals surface area contributed by atoms with Crippen LogP contribution >= 0.6 is 17.0 Å². The molecule has 14 heavy (non-hydrogen) atoms. The summed E-state index contributed by atoms with van der Waals surface area (Å²) in [6, 6.07) is 8.27. The summed E-state index contributed by atoms with van der Waals surface area (Å²) in [5.74, 6) is 0. The SMILES string of the molecule is CCOP1(=S)Sc2ccccc2N1C.